The number of nitrogens with two attached hydrogens (primary N) is 1. The van der Waals surface area contributed by atoms with Crippen LogP contribution < -0.4 is 15.8 Å². The van der Waals surface area contributed by atoms with Gasteiger partial charge in [-0.2, -0.15) is 10.4 Å². The number of fused-ring (bicyclic) bond motifs is 4. The van der Waals surface area contributed by atoms with Gasteiger partial charge in [-0.1, -0.05) is 11.6 Å². The Morgan fingerprint density at radius 2 is 2.25 bits per heavy atom. The Labute approximate surface area is 142 Å². The van der Waals surface area contributed by atoms with Crippen molar-refractivity contribution in [1.82, 2.24) is 9.78 Å². The average Bonchev–Trinajstić information content (AvgIpc) is 2.96. The summed E-state index contributed by atoms with van der Waals surface area (Å²) in [4.78, 5) is 13.1. The van der Waals surface area contributed by atoms with Crippen molar-refractivity contribution in [1.29, 1.82) is 5.26 Å². The number of nitriles is 1. The number of nitrogens with zero attached hydrogens (tertiary/aromatic N) is 3. The second-order valence-electron chi connectivity index (χ2n) is 5.73. The largest absolute Gasteiger partial charge is 0.437 e. The van der Waals surface area contributed by atoms with Crippen LogP contribution in [0.1, 0.15) is 17.0 Å². The number of carbonyl (C=O) groups is 1. The van der Waals surface area contributed by atoms with Crippen molar-refractivity contribution in [2.45, 2.75) is 12.3 Å². The highest BCUT2D eigenvalue weighted by molar-refractivity contribution is 6.31. The predicted octanol–water partition coefficient (Wildman–Crippen LogP) is 1.71. The number of aromatic nitrogens is 2. The lowest BCUT2D eigenvalue weighted by Crippen LogP contribution is -2.43. The smallest absolute Gasteiger partial charge is 0.246 e. The summed E-state index contributed by atoms with van der Waals surface area (Å²) in [6.45, 7) is 1.75. The fourth-order valence-electron chi connectivity index (χ4n) is 3.53. The van der Waals surface area contributed by atoms with Crippen LogP contribution in [0.4, 0.5) is 5.69 Å². The van der Waals surface area contributed by atoms with Crippen LogP contribution in [0, 0.1) is 18.3 Å². The van der Waals surface area contributed by atoms with E-state index in [0.717, 1.165) is 0 Å². The van der Waals surface area contributed by atoms with Crippen LogP contribution in [0.3, 0.4) is 0 Å². The van der Waals surface area contributed by atoms with E-state index in [1.54, 1.807) is 36.9 Å². The number of carbonyl (C=O) groups excluding carboxylic acids is 1. The van der Waals surface area contributed by atoms with Crippen molar-refractivity contribution in [2.75, 3.05) is 5.32 Å². The summed E-state index contributed by atoms with van der Waals surface area (Å²) in [6.07, 6.45) is 0. The van der Waals surface area contributed by atoms with Crippen LogP contribution in [-0.4, -0.2) is 15.7 Å². The highest BCUT2D eigenvalue weighted by atomic mass is 35.5. The molecule has 2 aromatic rings. The molecule has 1 amide bonds. The predicted molar refractivity (Wildman–Crippen MR) is 86.3 cm³/mol. The molecule has 0 bridgehead atoms. The van der Waals surface area contributed by atoms with Gasteiger partial charge in [0.2, 0.25) is 11.8 Å². The number of nitrogens with one attached hydrogen (secondary N) is 1. The molecule has 4 rings (SSSR count). The third-order valence-electron chi connectivity index (χ3n) is 4.44. The molecule has 0 radical (unpaired) electrons. The van der Waals surface area contributed by atoms with Gasteiger partial charge < -0.3 is 15.8 Å². The summed E-state index contributed by atoms with van der Waals surface area (Å²) < 4.78 is 7.15. The maximum Gasteiger partial charge on any atom is 0.246 e. The molecule has 0 saturated heterocycles. The van der Waals surface area contributed by atoms with Gasteiger partial charge in [0.1, 0.15) is 23.0 Å². The standard InChI is InChI=1S/C16H12ClN5O2/c1-7-12-13(22(2)21-7)16(10(6-18)14(19)24-12)9-5-8(17)3-4-11(9)20-15(16)23/h3-5H,19H2,1-2H3,(H,20,23). The number of aryl methyl sites for hydroxylation is 2. The molecule has 8 heteroatoms. The minimum absolute atomic E-state index is 0.0246. The number of benzene rings is 1. The molecule has 24 heavy (non-hydrogen) atoms. The molecule has 0 saturated carbocycles. The van der Waals surface area contributed by atoms with E-state index in [2.05, 4.69) is 10.4 Å². The van der Waals surface area contributed by atoms with Gasteiger partial charge in [0.25, 0.3) is 0 Å². The molecule has 0 fully saturated rings. The summed E-state index contributed by atoms with van der Waals surface area (Å²) in [6, 6.07) is 7.08. The van der Waals surface area contributed by atoms with E-state index >= 15 is 0 Å². The number of anilines is 1. The molecular weight excluding hydrogens is 330 g/mol. The summed E-state index contributed by atoms with van der Waals surface area (Å²) in [5, 5.41) is 17.3. The highest BCUT2D eigenvalue weighted by Crippen LogP contribution is 2.54. The Hall–Kier alpha value is -2.98. The molecule has 7 nitrogen and oxygen atoms in total. The van der Waals surface area contributed by atoms with Crippen LogP contribution in [0.15, 0.2) is 29.7 Å². The zero-order valence-corrected chi connectivity index (χ0v) is 13.6. The van der Waals surface area contributed by atoms with Gasteiger partial charge in [-0.15, -0.1) is 0 Å². The Morgan fingerprint density at radius 3 is 2.96 bits per heavy atom. The lowest BCUT2D eigenvalue weighted by Gasteiger charge is -2.32. The van der Waals surface area contributed by atoms with Gasteiger partial charge >= 0.3 is 0 Å². The van der Waals surface area contributed by atoms with Crippen LogP contribution in [0.5, 0.6) is 5.75 Å². The van der Waals surface area contributed by atoms with Gasteiger partial charge in [-0.25, -0.2) is 0 Å². The van der Waals surface area contributed by atoms with Crippen LogP contribution in [0.25, 0.3) is 0 Å². The highest BCUT2D eigenvalue weighted by Gasteiger charge is 2.58. The zero-order valence-electron chi connectivity index (χ0n) is 12.8. The third kappa shape index (κ3) is 1.51. The fraction of sp³-hybridized carbons (Fsp3) is 0.188. The molecule has 2 aliphatic heterocycles. The topological polar surface area (TPSA) is 106 Å². The molecule has 3 heterocycles. The number of hydrogen-bond acceptors (Lipinski definition) is 5. The van der Waals surface area contributed by atoms with E-state index in [9.17, 15) is 10.1 Å². The lowest BCUT2D eigenvalue weighted by atomic mass is 9.71. The Kier molecular flexibility index (Phi) is 2.75. The summed E-state index contributed by atoms with van der Waals surface area (Å²) in [5.41, 5.74) is 6.76. The maximum absolute atomic E-state index is 13.1. The average molecular weight is 342 g/mol. The first kappa shape index (κ1) is 14.6. The van der Waals surface area contributed by atoms with Crippen molar-refractivity contribution >= 4 is 23.2 Å². The van der Waals surface area contributed by atoms with E-state index in [1.165, 1.54) is 0 Å². The first-order valence-corrected chi connectivity index (χ1v) is 7.52. The monoisotopic (exact) mass is 341 g/mol. The van der Waals surface area contributed by atoms with Crippen LogP contribution in [0.2, 0.25) is 5.02 Å². The third-order valence-corrected chi connectivity index (χ3v) is 4.68. The summed E-state index contributed by atoms with van der Waals surface area (Å²) in [5.74, 6) is -0.104. The van der Waals surface area contributed by atoms with Crippen molar-refractivity contribution in [3.63, 3.8) is 0 Å². The van der Waals surface area contributed by atoms with Crippen molar-refractivity contribution in [2.24, 2.45) is 12.8 Å². The van der Waals surface area contributed by atoms with Crippen molar-refractivity contribution < 1.29 is 9.53 Å². The molecule has 1 unspecified atom stereocenters. The van der Waals surface area contributed by atoms with Crippen LogP contribution in [-0.2, 0) is 17.3 Å². The van der Waals surface area contributed by atoms with Gasteiger partial charge in [-0.3, -0.25) is 9.48 Å². The molecule has 120 valence electrons. The minimum atomic E-state index is -1.43. The Balaban J connectivity index is 2.20. The molecule has 1 aromatic heterocycles. The SMILES string of the molecule is Cc1nn(C)c2c1OC(N)=C(C#N)C21C(=O)Nc2ccc(Cl)cc21. The minimum Gasteiger partial charge on any atom is -0.437 e. The van der Waals surface area contributed by atoms with E-state index in [1.807, 2.05) is 6.07 Å². The van der Waals surface area contributed by atoms with E-state index in [4.69, 9.17) is 22.1 Å². The molecular formula is C16H12ClN5O2. The van der Waals surface area contributed by atoms with Gasteiger partial charge in [0.05, 0.1) is 0 Å². The van der Waals surface area contributed by atoms with E-state index < -0.39 is 5.41 Å². The fourth-order valence-corrected chi connectivity index (χ4v) is 3.71. The number of ether oxygens (including phenoxy) is 1. The zero-order chi connectivity index (χ0) is 17.2. The second kappa shape index (κ2) is 4.52. The summed E-state index contributed by atoms with van der Waals surface area (Å²) in [7, 11) is 1.70. The van der Waals surface area contributed by atoms with Gasteiger partial charge in [0, 0.05) is 23.3 Å². The Bertz CT molecular complexity index is 1000. The number of amides is 1. The van der Waals surface area contributed by atoms with Crippen molar-refractivity contribution in [3.8, 4) is 11.8 Å². The number of hydrogen-bond donors (Lipinski definition) is 2. The van der Waals surface area contributed by atoms with E-state index in [0.29, 0.717) is 33.4 Å². The lowest BCUT2D eigenvalue weighted by molar-refractivity contribution is -0.118. The molecule has 0 aliphatic carbocycles. The number of rotatable bonds is 0. The van der Waals surface area contributed by atoms with E-state index in [-0.39, 0.29) is 17.4 Å². The molecule has 1 atom stereocenters. The molecule has 1 aromatic carbocycles. The van der Waals surface area contributed by atoms with Gasteiger partial charge in [0.15, 0.2) is 11.2 Å². The normalized spacial score (nSPS) is 21.2. The molecule has 1 spiro atoms. The first-order valence-electron chi connectivity index (χ1n) is 7.15. The quantitative estimate of drug-likeness (QED) is 0.758. The van der Waals surface area contributed by atoms with Crippen LogP contribution >= 0.6 is 11.6 Å². The Morgan fingerprint density at radius 1 is 1.50 bits per heavy atom. The maximum atomic E-state index is 13.1. The van der Waals surface area contributed by atoms with Crippen molar-refractivity contribution in [3.05, 3.63) is 51.6 Å². The first-order chi connectivity index (χ1) is 11.4. The summed E-state index contributed by atoms with van der Waals surface area (Å²) >= 11 is 6.15. The molecule has 3 N–H and O–H groups in total. The second-order valence-corrected chi connectivity index (χ2v) is 6.17. The van der Waals surface area contributed by atoms with Gasteiger partial charge in [-0.05, 0) is 25.1 Å². The number of halogens is 1. The molecule has 2 aliphatic rings.